The normalized spacial score (nSPS) is 11.0. The third-order valence-electron chi connectivity index (χ3n) is 4.15. The van der Waals surface area contributed by atoms with Gasteiger partial charge in [0.05, 0.1) is 22.2 Å². The summed E-state index contributed by atoms with van der Waals surface area (Å²) in [5.74, 6) is -0.321. The van der Waals surface area contributed by atoms with Gasteiger partial charge in [0.1, 0.15) is 23.2 Å². The van der Waals surface area contributed by atoms with Gasteiger partial charge in [-0.1, -0.05) is 29.3 Å². The summed E-state index contributed by atoms with van der Waals surface area (Å²) in [5, 5.41) is 12.7. The van der Waals surface area contributed by atoms with Crippen molar-refractivity contribution in [2.75, 3.05) is 11.9 Å². The fourth-order valence-corrected chi connectivity index (χ4v) is 3.06. The molecule has 0 bridgehead atoms. The van der Waals surface area contributed by atoms with Crippen LogP contribution in [0.3, 0.4) is 0 Å². The quantitative estimate of drug-likeness (QED) is 0.281. The summed E-state index contributed by atoms with van der Waals surface area (Å²) in [4.78, 5) is 24.2. The van der Waals surface area contributed by atoms with Gasteiger partial charge in [-0.15, -0.1) is 0 Å². The van der Waals surface area contributed by atoms with Gasteiger partial charge in [-0.25, -0.2) is 4.79 Å². The van der Waals surface area contributed by atoms with E-state index >= 15 is 0 Å². The second-order valence-corrected chi connectivity index (χ2v) is 7.01. The molecule has 156 valence electrons. The molecule has 1 heterocycles. The zero-order valence-corrected chi connectivity index (χ0v) is 17.8. The van der Waals surface area contributed by atoms with Gasteiger partial charge in [0.25, 0.3) is 5.91 Å². The number of carbonyl (C=O) groups is 2. The number of ether oxygens (including phenoxy) is 1. The van der Waals surface area contributed by atoms with Gasteiger partial charge >= 0.3 is 5.97 Å². The number of furan rings is 1. The number of nitriles is 1. The van der Waals surface area contributed by atoms with Gasteiger partial charge in [0.15, 0.2) is 0 Å². The molecular weight excluding hydrogens is 439 g/mol. The summed E-state index contributed by atoms with van der Waals surface area (Å²) in [6.07, 6.45) is 1.32. The first kappa shape index (κ1) is 22.2. The average Bonchev–Trinajstić information content (AvgIpc) is 3.23. The summed E-state index contributed by atoms with van der Waals surface area (Å²) >= 11 is 12.2. The molecule has 0 saturated heterocycles. The van der Waals surface area contributed by atoms with Gasteiger partial charge < -0.3 is 14.5 Å². The molecule has 0 aliphatic carbocycles. The number of hydrogen-bond acceptors (Lipinski definition) is 5. The molecule has 0 saturated carbocycles. The molecular formula is C23H16Cl2N2O4. The number of amides is 1. The predicted molar refractivity (Wildman–Crippen MR) is 119 cm³/mol. The summed E-state index contributed by atoms with van der Waals surface area (Å²) in [7, 11) is 0. The van der Waals surface area contributed by atoms with Gasteiger partial charge in [-0.2, -0.15) is 5.26 Å². The van der Waals surface area contributed by atoms with E-state index in [-0.39, 0.29) is 12.2 Å². The first-order valence-corrected chi connectivity index (χ1v) is 9.93. The Balaban J connectivity index is 1.75. The van der Waals surface area contributed by atoms with Crippen molar-refractivity contribution < 1.29 is 18.7 Å². The summed E-state index contributed by atoms with van der Waals surface area (Å²) < 4.78 is 10.6. The molecule has 2 aromatic carbocycles. The van der Waals surface area contributed by atoms with Crippen molar-refractivity contribution in [2.24, 2.45) is 0 Å². The minimum atomic E-state index is -0.620. The second-order valence-electron chi connectivity index (χ2n) is 6.23. The molecule has 3 aromatic rings. The highest BCUT2D eigenvalue weighted by atomic mass is 35.5. The van der Waals surface area contributed by atoms with Crippen LogP contribution >= 0.6 is 23.2 Å². The minimum absolute atomic E-state index is 0.160. The number of carbonyl (C=O) groups excluding carboxylic acids is 2. The molecule has 0 fully saturated rings. The predicted octanol–water partition coefficient (Wildman–Crippen LogP) is 5.98. The lowest BCUT2D eigenvalue weighted by Gasteiger charge is -2.06. The lowest BCUT2D eigenvalue weighted by atomic mass is 10.2. The highest BCUT2D eigenvalue weighted by Gasteiger charge is 2.14. The van der Waals surface area contributed by atoms with Crippen LogP contribution < -0.4 is 5.32 Å². The Morgan fingerprint density at radius 2 is 1.87 bits per heavy atom. The summed E-state index contributed by atoms with van der Waals surface area (Å²) in [6.45, 7) is 1.99. The molecule has 0 aliphatic heterocycles. The fraction of sp³-hybridized carbons (Fsp3) is 0.0870. The zero-order valence-electron chi connectivity index (χ0n) is 16.3. The molecule has 1 N–H and O–H groups in total. The van der Waals surface area contributed by atoms with Crippen molar-refractivity contribution in [1.82, 2.24) is 0 Å². The fourth-order valence-electron chi connectivity index (χ4n) is 2.66. The molecule has 31 heavy (non-hydrogen) atoms. The number of nitrogens with one attached hydrogen (secondary N) is 1. The molecule has 3 rings (SSSR count). The maximum absolute atomic E-state index is 12.5. The maximum Gasteiger partial charge on any atom is 0.338 e. The largest absolute Gasteiger partial charge is 0.462 e. The molecule has 0 atom stereocenters. The smallest absolute Gasteiger partial charge is 0.338 e. The van der Waals surface area contributed by atoms with E-state index in [1.165, 1.54) is 18.2 Å². The third kappa shape index (κ3) is 5.34. The van der Waals surface area contributed by atoms with Crippen molar-refractivity contribution in [3.05, 3.63) is 81.5 Å². The molecule has 0 radical (unpaired) electrons. The monoisotopic (exact) mass is 454 g/mol. The molecule has 0 aliphatic rings. The highest BCUT2D eigenvalue weighted by molar-refractivity contribution is 6.43. The van der Waals surface area contributed by atoms with Crippen LogP contribution in [-0.2, 0) is 9.53 Å². The molecule has 1 amide bonds. The van der Waals surface area contributed by atoms with E-state index in [1.54, 1.807) is 49.4 Å². The lowest BCUT2D eigenvalue weighted by Crippen LogP contribution is -2.13. The summed E-state index contributed by atoms with van der Waals surface area (Å²) in [5.41, 5.74) is 1.22. The number of anilines is 1. The topological polar surface area (TPSA) is 92.3 Å². The Morgan fingerprint density at radius 1 is 1.13 bits per heavy atom. The minimum Gasteiger partial charge on any atom is -0.462 e. The van der Waals surface area contributed by atoms with E-state index in [9.17, 15) is 14.9 Å². The van der Waals surface area contributed by atoms with Crippen molar-refractivity contribution in [2.45, 2.75) is 6.92 Å². The number of esters is 1. The van der Waals surface area contributed by atoms with Crippen LogP contribution in [0, 0.1) is 11.3 Å². The Bertz CT molecular complexity index is 1190. The van der Waals surface area contributed by atoms with E-state index < -0.39 is 11.9 Å². The van der Waals surface area contributed by atoms with Crippen molar-refractivity contribution in [1.29, 1.82) is 5.26 Å². The van der Waals surface area contributed by atoms with E-state index in [2.05, 4.69) is 5.32 Å². The number of halogens is 2. The maximum atomic E-state index is 12.5. The van der Waals surface area contributed by atoms with Crippen LogP contribution in [-0.4, -0.2) is 18.5 Å². The number of hydrogen-bond donors (Lipinski definition) is 1. The van der Waals surface area contributed by atoms with Crippen LogP contribution in [0.15, 0.2) is 64.6 Å². The van der Waals surface area contributed by atoms with Crippen molar-refractivity contribution in [3.8, 4) is 17.4 Å². The van der Waals surface area contributed by atoms with Gasteiger partial charge in [0, 0.05) is 17.3 Å². The number of benzene rings is 2. The van der Waals surface area contributed by atoms with E-state index in [0.717, 1.165) is 0 Å². The number of rotatable bonds is 6. The first-order valence-electron chi connectivity index (χ1n) is 9.17. The van der Waals surface area contributed by atoms with Crippen LogP contribution in [0.2, 0.25) is 10.0 Å². The van der Waals surface area contributed by atoms with E-state index in [4.69, 9.17) is 32.4 Å². The molecule has 6 nitrogen and oxygen atoms in total. The summed E-state index contributed by atoms with van der Waals surface area (Å²) in [6, 6.07) is 16.4. The van der Waals surface area contributed by atoms with Crippen molar-refractivity contribution >= 4 is 46.8 Å². The molecule has 1 aromatic heterocycles. The van der Waals surface area contributed by atoms with Gasteiger partial charge in [0.2, 0.25) is 0 Å². The standard InChI is InChI=1S/C23H16Cl2N2O4/c1-2-30-23(29)14-6-8-16(9-7-14)27-22(28)15(13-26)12-17-10-11-20(31-17)18-4-3-5-19(24)21(18)25/h3-12H,2H2,1H3,(H,27,28)/b15-12+. The first-order chi connectivity index (χ1) is 14.9. The van der Waals surface area contributed by atoms with Crippen LogP contribution in [0.1, 0.15) is 23.0 Å². The Morgan fingerprint density at radius 3 is 2.55 bits per heavy atom. The Kier molecular flexibility index (Phi) is 7.14. The average molecular weight is 455 g/mol. The highest BCUT2D eigenvalue weighted by Crippen LogP contribution is 2.34. The van der Waals surface area contributed by atoms with Crippen molar-refractivity contribution in [3.63, 3.8) is 0 Å². The number of nitrogens with zero attached hydrogens (tertiary/aromatic N) is 1. The Hall–Kier alpha value is -3.53. The Labute approximate surface area is 188 Å². The van der Waals surface area contributed by atoms with Crippen LogP contribution in [0.5, 0.6) is 0 Å². The molecule has 0 spiro atoms. The second kappa shape index (κ2) is 9.98. The zero-order chi connectivity index (χ0) is 22.4. The van der Waals surface area contributed by atoms with E-state index in [1.807, 2.05) is 6.07 Å². The lowest BCUT2D eigenvalue weighted by molar-refractivity contribution is -0.112. The SMILES string of the molecule is CCOC(=O)c1ccc(NC(=O)/C(C#N)=C/c2ccc(-c3cccc(Cl)c3Cl)o2)cc1. The molecule has 0 unspecified atom stereocenters. The van der Waals surface area contributed by atoms with Crippen LogP contribution in [0.4, 0.5) is 5.69 Å². The third-order valence-corrected chi connectivity index (χ3v) is 4.97. The van der Waals surface area contributed by atoms with Gasteiger partial charge in [-0.3, -0.25) is 4.79 Å². The van der Waals surface area contributed by atoms with Gasteiger partial charge in [-0.05, 0) is 55.5 Å². The van der Waals surface area contributed by atoms with E-state index in [0.29, 0.717) is 38.4 Å². The molecule has 8 heteroatoms. The van der Waals surface area contributed by atoms with Crippen LogP contribution in [0.25, 0.3) is 17.4 Å².